The van der Waals surface area contributed by atoms with Gasteiger partial charge < -0.3 is 9.84 Å². The smallest absolute Gasteiger partial charge is 0.0631 e. The molecule has 2 fully saturated rings. The quantitative estimate of drug-likeness (QED) is 0.797. The summed E-state index contributed by atoms with van der Waals surface area (Å²) in [6, 6.07) is 0. The van der Waals surface area contributed by atoms with Crippen molar-refractivity contribution in [1.29, 1.82) is 0 Å². The highest BCUT2D eigenvalue weighted by Gasteiger charge is 2.32. The van der Waals surface area contributed by atoms with Gasteiger partial charge in [0.2, 0.25) is 0 Å². The van der Waals surface area contributed by atoms with Gasteiger partial charge in [-0.25, -0.2) is 0 Å². The highest BCUT2D eigenvalue weighted by atomic mass is 16.5. The van der Waals surface area contributed by atoms with E-state index in [1.165, 1.54) is 32.1 Å². The molecule has 2 unspecified atom stereocenters. The molecule has 0 aromatic carbocycles. The van der Waals surface area contributed by atoms with Crippen molar-refractivity contribution in [2.24, 2.45) is 5.92 Å². The first-order chi connectivity index (χ1) is 7.57. The van der Waals surface area contributed by atoms with Crippen molar-refractivity contribution in [2.45, 2.75) is 83.0 Å². The van der Waals surface area contributed by atoms with E-state index >= 15 is 0 Å². The molecular weight excluding hydrogens is 200 g/mol. The summed E-state index contributed by atoms with van der Waals surface area (Å²) in [4.78, 5) is 0. The van der Waals surface area contributed by atoms with Crippen molar-refractivity contribution >= 4 is 0 Å². The Morgan fingerprint density at radius 2 is 1.94 bits per heavy atom. The van der Waals surface area contributed by atoms with Gasteiger partial charge in [0, 0.05) is 0 Å². The lowest BCUT2D eigenvalue weighted by atomic mass is 9.95. The minimum atomic E-state index is -0.0742. The molecule has 0 aromatic rings. The standard InChI is InChI=1S/C14H26O2/c1-14(2)10-9-12(16-14)7-8-13(15)11-5-3-4-6-11/h11-13,15H,3-10H2,1-2H3. The minimum absolute atomic E-state index is 0.0724. The summed E-state index contributed by atoms with van der Waals surface area (Å²) in [5, 5.41) is 10.1. The van der Waals surface area contributed by atoms with Gasteiger partial charge in [0.25, 0.3) is 0 Å². The van der Waals surface area contributed by atoms with Crippen molar-refractivity contribution in [3.05, 3.63) is 0 Å². The van der Waals surface area contributed by atoms with Crippen LogP contribution in [0, 0.1) is 5.92 Å². The second-order valence-electron chi connectivity index (χ2n) is 6.23. The Hall–Kier alpha value is -0.0800. The number of hydrogen-bond acceptors (Lipinski definition) is 2. The molecule has 2 atom stereocenters. The second kappa shape index (κ2) is 5.05. The summed E-state index contributed by atoms with van der Waals surface area (Å²) >= 11 is 0. The zero-order valence-electron chi connectivity index (χ0n) is 10.7. The molecule has 1 aliphatic heterocycles. The van der Waals surface area contributed by atoms with Crippen molar-refractivity contribution in [1.82, 2.24) is 0 Å². The van der Waals surface area contributed by atoms with Crippen LogP contribution in [0.15, 0.2) is 0 Å². The molecule has 2 heteroatoms. The lowest BCUT2D eigenvalue weighted by Crippen LogP contribution is -2.23. The summed E-state index contributed by atoms with van der Waals surface area (Å²) in [6.07, 6.45) is 9.73. The van der Waals surface area contributed by atoms with Gasteiger partial charge in [0.15, 0.2) is 0 Å². The molecule has 1 saturated carbocycles. The van der Waals surface area contributed by atoms with Crippen molar-refractivity contribution in [2.75, 3.05) is 0 Å². The van der Waals surface area contributed by atoms with Crippen LogP contribution in [0.5, 0.6) is 0 Å². The Kier molecular flexibility index (Phi) is 3.91. The molecule has 2 rings (SSSR count). The Morgan fingerprint density at radius 1 is 1.25 bits per heavy atom. The van der Waals surface area contributed by atoms with E-state index < -0.39 is 0 Å². The fourth-order valence-corrected chi connectivity index (χ4v) is 3.22. The fourth-order valence-electron chi connectivity index (χ4n) is 3.22. The molecule has 1 heterocycles. The van der Waals surface area contributed by atoms with E-state index in [9.17, 15) is 5.11 Å². The van der Waals surface area contributed by atoms with Gasteiger partial charge in [-0.05, 0) is 58.3 Å². The van der Waals surface area contributed by atoms with Gasteiger partial charge in [0.1, 0.15) is 0 Å². The van der Waals surface area contributed by atoms with Crippen molar-refractivity contribution in [3.8, 4) is 0 Å². The molecule has 1 saturated heterocycles. The van der Waals surface area contributed by atoms with E-state index in [0.717, 1.165) is 19.3 Å². The van der Waals surface area contributed by atoms with Crippen molar-refractivity contribution < 1.29 is 9.84 Å². The van der Waals surface area contributed by atoms with Gasteiger partial charge >= 0.3 is 0 Å². The van der Waals surface area contributed by atoms with Crippen molar-refractivity contribution in [3.63, 3.8) is 0 Å². The maximum Gasteiger partial charge on any atom is 0.0631 e. The van der Waals surface area contributed by atoms with E-state index in [-0.39, 0.29) is 11.7 Å². The zero-order valence-corrected chi connectivity index (χ0v) is 10.7. The fraction of sp³-hybridized carbons (Fsp3) is 1.00. The van der Waals surface area contributed by atoms with E-state index in [4.69, 9.17) is 4.74 Å². The topological polar surface area (TPSA) is 29.5 Å². The zero-order chi connectivity index (χ0) is 11.6. The van der Waals surface area contributed by atoms with Crippen LogP contribution in [-0.2, 0) is 4.74 Å². The Balaban J connectivity index is 1.67. The van der Waals surface area contributed by atoms with Crippen LogP contribution in [0.3, 0.4) is 0 Å². The number of ether oxygens (including phenoxy) is 1. The second-order valence-corrected chi connectivity index (χ2v) is 6.23. The first-order valence-electron chi connectivity index (χ1n) is 6.93. The SMILES string of the molecule is CC1(C)CCC(CCC(O)C2CCCC2)O1. The van der Waals surface area contributed by atoms with E-state index in [0.29, 0.717) is 12.0 Å². The average Bonchev–Trinajstić information content (AvgIpc) is 2.83. The first-order valence-corrected chi connectivity index (χ1v) is 6.93. The van der Waals surface area contributed by atoms with Crippen LogP contribution in [0.4, 0.5) is 0 Å². The monoisotopic (exact) mass is 226 g/mol. The Labute approximate surface area is 99.4 Å². The highest BCUT2D eigenvalue weighted by Crippen LogP contribution is 2.34. The molecule has 16 heavy (non-hydrogen) atoms. The van der Waals surface area contributed by atoms with E-state index in [1.54, 1.807) is 0 Å². The van der Waals surface area contributed by atoms with Crippen LogP contribution in [0.1, 0.15) is 65.2 Å². The molecule has 0 amide bonds. The molecule has 94 valence electrons. The van der Waals surface area contributed by atoms with Crippen LogP contribution in [-0.4, -0.2) is 22.9 Å². The largest absolute Gasteiger partial charge is 0.393 e. The molecule has 2 aliphatic rings. The summed E-state index contributed by atoms with van der Waals surface area (Å²) < 4.78 is 5.95. The van der Waals surface area contributed by atoms with Gasteiger partial charge in [-0.2, -0.15) is 0 Å². The van der Waals surface area contributed by atoms with Gasteiger partial charge in [-0.3, -0.25) is 0 Å². The van der Waals surface area contributed by atoms with Gasteiger partial charge in [0.05, 0.1) is 17.8 Å². The van der Waals surface area contributed by atoms with Crippen LogP contribution >= 0.6 is 0 Å². The minimum Gasteiger partial charge on any atom is -0.393 e. The van der Waals surface area contributed by atoms with Crippen LogP contribution < -0.4 is 0 Å². The maximum absolute atomic E-state index is 10.1. The summed E-state index contributed by atoms with van der Waals surface area (Å²) in [6.45, 7) is 4.33. The van der Waals surface area contributed by atoms with E-state index in [1.807, 2.05) is 0 Å². The van der Waals surface area contributed by atoms with Crippen LogP contribution in [0.25, 0.3) is 0 Å². The summed E-state index contributed by atoms with van der Waals surface area (Å²) in [5.74, 6) is 0.578. The van der Waals surface area contributed by atoms with Crippen LogP contribution in [0.2, 0.25) is 0 Å². The number of hydrogen-bond donors (Lipinski definition) is 1. The lowest BCUT2D eigenvalue weighted by Gasteiger charge is -2.22. The molecule has 0 spiro atoms. The molecule has 0 bridgehead atoms. The normalized spacial score (nSPS) is 32.1. The lowest BCUT2D eigenvalue weighted by molar-refractivity contribution is -0.0259. The number of aliphatic hydroxyl groups is 1. The molecular formula is C14H26O2. The molecule has 2 nitrogen and oxygen atoms in total. The van der Waals surface area contributed by atoms with E-state index in [2.05, 4.69) is 13.8 Å². The Bertz CT molecular complexity index is 217. The summed E-state index contributed by atoms with van der Waals surface area (Å²) in [5.41, 5.74) is 0.0724. The highest BCUT2D eigenvalue weighted by molar-refractivity contribution is 4.82. The number of aliphatic hydroxyl groups excluding tert-OH is 1. The molecule has 0 radical (unpaired) electrons. The van der Waals surface area contributed by atoms with Gasteiger partial charge in [-0.15, -0.1) is 0 Å². The third-order valence-electron chi connectivity index (χ3n) is 4.28. The third kappa shape index (κ3) is 3.21. The third-order valence-corrected chi connectivity index (χ3v) is 4.28. The summed E-state index contributed by atoms with van der Waals surface area (Å²) in [7, 11) is 0. The predicted molar refractivity (Wildman–Crippen MR) is 65.4 cm³/mol. The molecule has 1 aliphatic carbocycles. The first kappa shape index (κ1) is 12.4. The molecule has 1 N–H and O–H groups in total. The maximum atomic E-state index is 10.1. The predicted octanol–water partition coefficient (Wildman–Crippen LogP) is 3.28. The van der Waals surface area contributed by atoms with Gasteiger partial charge in [-0.1, -0.05) is 12.8 Å². The Morgan fingerprint density at radius 3 is 2.50 bits per heavy atom. The molecule has 0 aromatic heterocycles. The number of rotatable bonds is 4. The average molecular weight is 226 g/mol.